The van der Waals surface area contributed by atoms with E-state index in [4.69, 9.17) is 16.3 Å². The second kappa shape index (κ2) is 4.60. The van der Waals surface area contributed by atoms with Crippen LogP contribution in [0, 0.1) is 5.92 Å². The molecule has 2 atom stereocenters. The van der Waals surface area contributed by atoms with Gasteiger partial charge in [0.25, 0.3) is 0 Å². The standard InChI is InChI=1S/C12H22ClNO/c1-12(2)6-5-10(15-12)7-14-8-11(13)9-3-4-9/h9-11,14H,3-8H2,1-2H3. The third-order valence-electron chi connectivity index (χ3n) is 3.40. The van der Waals surface area contributed by atoms with Gasteiger partial charge in [0.15, 0.2) is 0 Å². The Labute approximate surface area is 97.7 Å². The first-order valence-corrected chi connectivity index (χ1v) is 6.53. The highest BCUT2D eigenvalue weighted by Crippen LogP contribution is 2.35. The van der Waals surface area contributed by atoms with Gasteiger partial charge in [-0.05, 0) is 45.4 Å². The Morgan fingerprint density at radius 2 is 2.13 bits per heavy atom. The predicted molar refractivity (Wildman–Crippen MR) is 63.4 cm³/mol. The molecule has 1 N–H and O–H groups in total. The average Bonchev–Trinajstić information content (AvgIpc) is 2.92. The fraction of sp³-hybridized carbons (Fsp3) is 1.00. The molecule has 88 valence electrons. The van der Waals surface area contributed by atoms with E-state index in [0.717, 1.165) is 19.0 Å². The third kappa shape index (κ3) is 3.61. The van der Waals surface area contributed by atoms with Crippen LogP contribution in [-0.2, 0) is 4.74 Å². The number of halogens is 1. The van der Waals surface area contributed by atoms with Crippen LogP contribution in [0.25, 0.3) is 0 Å². The highest BCUT2D eigenvalue weighted by molar-refractivity contribution is 6.21. The van der Waals surface area contributed by atoms with Crippen molar-refractivity contribution in [2.45, 2.75) is 56.6 Å². The van der Waals surface area contributed by atoms with Gasteiger partial charge in [-0.1, -0.05) is 0 Å². The van der Waals surface area contributed by atoms with Gasteiger partial charge in [-0.25, -0.2) is 0 Å². The first kappa shape index (κ1) is 11.7. The lowest BCUT2D eigenvalue weighted by Crippen LogP contribution is -2.33. The fourth-order valence-corrected chi connectivity index (χ4v) is 2.59. The van der Waals surface area contributed by atoms with Crippen LogP contribution in [0.15, 0.2) is 0 Å². The van der Waals surface area contributed by atoms with Gasteiger partial charge in [0, 0.05) is 18.5 Å². The van der Waals surface area contributed by atoms with E-state index in [9.17, 15) is 0 Å². The van der Waals surface area contributed by atoms with E-state index in [1.807, 2.05) is 0 Å². The first-order chi connectivity index (χ1) is 7.07. The summed E-state index contributed by atoms with van der Waals surface area (Å²) in [7, 11) is 0. The molecular formula is C12H22ClNO. The highest BCUT2D eigenvalue weighted by Gasteiger charge is 2.32. The summed E-state index contributed by atoms with van der Waals surface area (Å²) in [4.78, 5) is 0. The van der Waals surface area contributed by atoms with Crippen molar-refractivity contribution in [2.75, 3.05) is 13.1 Å². The molecule has 2 unspecified atom stereocenters. The Balaban J connectivity index is 1.58. The summed E-state index contributed by atoms with van der Waals surface area (Å²) in [6.07, 6.45) is 5.39. The predicted octanol–water partition coefficient (Wildman–Crippen LogP) is 2.55. The molecule has 1 heterocycles. The van der Waals surface area contributed by atoms with E-state index in [-0.39, 0.29) is 5.60 Å². The summed E-state index contributed by atoms with van der Waals surface area (Å²) >= 11 is 6.22. The van der Waals surface area contributed by atoms with Crippen molar-refractivity contribution in [3.05, 3.63) is 0 Å². The Bertz CT molecular complexity index is 216. The van der Waals surface area contributed by atoms with Crippen molar-refractivity contribution in [3.63, 3.8) is 0 Å². The molecule has 1 aliphatic carbocycles. The Kier molecular flexibility index (Phi) is 3.59. The van der Waals surface area contributed by atoms with Crippen LogP contribution < -0.4 is 5.32 Å². The molecule has 1 saturated carbocycles. The number of alkyl halides is 1. The summed E-state index contributed by atoms with van der Waals surface area (Å²) in [5.74, 6) is 0.778. The van der Waals surface area contributed by atoms with Crippen LogP contribution in [0.5, 0.6) is 0 Å². The second-order valence-electron chi connectivity index (χ2n) is 5.55. The van der Waals surface area contributed by atoms with E-state index in [2.05, 4.69) is 19.2 Å². The van der Waals surface area contributed by atoms with Crippen molar-refractivity contribution < 1.29 is 4.74 Å². The molecule has 1 saturated heterocycles. The zero-order valence-corrected chi connectivity index (χ0v) is 10.5. The van der Waals surface area contributed by atoms with E-state index in [0.29, 0.717) is 11.5 Å². The van der Waals surface area contributed by atoms with Crippen LogP contribution in [0.4, 0.5) is 0 Å². The van der Waals surface area contributed by atoms with Gasteiger partial charge >= 0.3 is 0 Å². The van der Waals surface area contributed by atoms with Crippen molar-refractivity contribution in [3.8, 4) is 0 Å². The molecule has 2 rings (SSSR count). The van der Waals surface area contributed by atoms with Crippen molar-refractivity contribution in [2.24, 2.45) is 5.92 Å². The molecule has 2 aliphatic rings. The topological polar surface area (TPSA) is 21.3 Å². The molecule has 0 aromatic rings. The minimum absolute atomic E-state index is 0.0865. The minimum atomic E-state index is 0.0865. The smallest absolute Gasteiger partial charge is 0.0707 e. The SMILES string of the molecule is CC1(C)CCC(CNCC(Cl)C2CC2)O1. The van der Waals surface area contributed by atoms with Crippen LogP contribution in [0.2, 0.25) is 0 Å². The van der Waals surface area contributed by atoms with Crippen LogP contribution in [-0.4, -0.2) is 30.2 Å². The maximum Gasteiger partial charge on any atom is 0.0707 e. The van der Waals surface area contributed by atoms with Crippen molar-refractivity contribution >= 4 is 11.6 Å². The van der Waals surface area contributed by atoms with Crippen molar-refractivity contribution in [1.29, 1.82) is 0 Å². The van der Waals surface area contributed by atoms with Gasteiger partial charge in [0.1, 0.15) is 0 Å². The fourth-order valence-electron chi connectivity index (χ4n) is 2.23. The average molecular weight is 232 g/mol. The van der Waals surface area contributed by atoms with Crippen LogP contribution >= 0.6 is 11.6 Å². The summed E-state index contributed by atoms with van der Waals surface area (Å²) in [5, 5.41) is 3.76. The number of ether oxygens (including phenoxy) is 1. The van der Waals surface area contributed by atoms with Gasteiger partial charge in [-0.2, -0.15) is 0 Å². The van der Waals surface area contributed by atoms with Gasteiger partial charge < -0.3 is 10.1 Å². The summed E-state index contributed by atoms with van der Waals surface area (Å²) in [5.41, 5.74) is 0.0865. The maximum atomic E-state index is 6.22. The summed E-state index contributed by atoms with van der Waals surface area (Å²) in [6, 6.07) is 0. The van der Waals surface area contributed by atoms with Crippen molar-refractivity contribution in [1.82, 2.24) is 5.32 Å². The van der Waals surface area contributed by atoms with Gasteiger partial charge in [-0.15, -0.1) is 11.6 Å². The molecule has 0 spiro atoms. The molecular weight excluding hydrogens is 210 g/mol. The zero-order valence-electron chi connectivity index (χ0n) is 9.76. The quantitative estimate of drug-likeness (QED) is 0.735. The molecule has 2 fully saturated rings. The van der Waals surface area contributed by atoms with E-state index < -0.39 is 0 Å². The number of rotatable bonds is 5. The molecule has 0 radical (unpaired) electrons. The highest BCUT2D eigenvalue weighted by atomic mass is 35.5. The Morgan fingerprint density at radius 1 is 1.40 bits per heavy atom. The zero-order chi connectivity index (χ0) is 10.9. The lowest BCUT2D eigenvalue weighted by molar-refractivity contribution is -0.0141. The number of hydrogen-bond acceptors (Lipinski definition) is 2. The summed E-state index contributed by atoms with van der Waals surface area (Å²) in [6.45, 7) is 6.23. The molecule has 2 nitrogen and oxygen atoms in total. The number of hydrogen-bond donors (Lipinski definition) is 1. The molecule has 1 aliphatic heterocycles. The van der Waals surface area contributed by atoms with Gasteiger partial charge in [0.05, 0.1) is 11.7 Å². The van der Waals surface area contributed by atoms with E-state index in [1.54, 1.807) is 0 Å². The lowest BCUT2D eigenvalue weighted by Gasteiger charge is -2.20. The van der Waals surface area contributed by atoms with E-state index >= 15 is 0 Å². The van der Waals surface area contributed by atoms with Crippen LogP contribution in [0.1, 0.15) is 39.5 Å². The van der Waals surface area contributed by atoms with Crippen LogP contribution in [0.3, 0.4) is 0 Å². The molecule has 15 heavy (non-hydrogen) atoms. The number of nitrogens with one attached hydrogen (secondary N) is 1. The van der Waals surface area contributed by atoms with Gasteiger partial charge in [-0.3, -0.25) is 0 Å². The molecule has 0 amide bonds. The normalized spacial score (nSPS) is 31.8. The Morgan fingerprint density at radius 3 is 2.67 bits per heavy atom. The maximum absolute atomic E-state index is 6.22. The molecule has 0 aromatic heterocycles. The second-order valence-corrected chi connectivity index (χ2v) is 6.11. The Hall–Kier alpha value is 0.210. The summed E-state index contributed by atoms with van der Waals surface area (Å²) < 4.78 is 5.90. The molecule has 0 bridgehead atoms. The molecule has 3 heteroatoms. The first-order valence-electron chi connectivity index (χ1n) is 6.09. The molecule has 0 aromatic carbocycles. The minimum Gasteiger partial charge on any atom is -0.371 e. The lowest BCUT2D eigenvalue weighted by atomic mass is 10.1. The largest absolute Gasteiger partial charge is 0.371 e. The monoisotopic (exact) mass is 231 g/mol. The third-order valence-corrected chi connectivity index (χ3v) is 3.91. The van der Waals surface area contributed by atoms with Gasteiger partial charge in [0.2, 0.25) is 0 Å². The van der Waals surface area contributed by atoms with E-state index in [1.165, 1.54) is 25.7 Å².